The number of carbonyl (C=O) groups excluding carboxylic acids is 1. The second kappa shape index (κ2) is 7.31. The third-order valence-corrected chi connectivity index (χ3v) is 5.03. The summed E-state index contributed by atoms with van der Waals surface area (Å²) in [6, 6.07) is 8.33. The monoisotopic (exact) mass is 342 g/mol. The number of amides is 1. The molecule has 2 rings (SSSR count). The number of carbonyl (C=O) groups is 1. The van der Waals surface area contributed by atoms with Crippen LogP contribution in [0.1, 0.15) is 24.9 Å². The molecular formula is C14H19BrN2OS. The fourth-order valence-corrected chi connectivity index (χ4v) is 3.76. The Kier molecular flexibility index (Phi) is 5.73. The first-order chi connectivity index (χ1) is 9.16. The van der Waals surface area contributed by atoms with Crippen molar-refractivity contribution in [3.8, 4) is 0 Å². The molecule has 2 N–H and O–H groups in total. The van der Waals surface area contributed by atoms with Crippen LogP contribution in [0.25, 0.3) is 0 Å². The maximum Gasteiger partial charge on any atom is 0.222 e. The van der Waals surface area contributed by atoms with E-state index < -0.39 is 0 Å². The fraction of sp³-hybridized carbons (Fsp3) is 0.500. The van der Waals surface area contributed by atoms with E-state index in [-0.39, 0.29) is 11.9 Å². The van der Waals surface area contributed by atoms with Gasteiger partial charge in [-0.2, -0.15) is 11.8 Å². The van der Waals surface area contributed by atoms with E-state index >= 15 is 0 Å². The van der Waals surface area contributed by atoms with Gasteiger partial charge in [-0.3, -0.25) is 4.79 Å². The summed E-state index contributed by atoms with van der Waals surface area (Å²) in [5.41, 5.74) is 1.11. The summed E-state index contributed by atoms with van der Waals surface area (Å²) in [5.74, 6) is 2.28. The molecule has 1 heterocycles. The molecule has 2 unspecified atom stereocenters. The number of hydrogen-bond acceptors (Lipinski definition) is 3. The SMILES string of the molecule is CC(NC(=O)CC1CSCCN1)c1ccccc1Br. The normalized spacial score (nSPS) is 20.8. The van der Waals surface area contributed by atoms with Crippen molar-refractivity contribution in [3.05, 3.63) is 34.3 Å². The van der Waals surface area contributed by atoms with Crippen LogP contribution in [0.4, 0.5) is 0 Å². The van der Waals surface area contributed by atoms with Crippen LogP contribution in [0.15, 0.2) is 28.7 Å². The molecule has 0 bridgehead atoms. The Hall–Kier alpha value is -0.520. The highest BCUT2D eigenvalue weighted by atomic mass is 79.9. The van der Waals surface area contributed by atoms with Gasteiger partial charge >= 0.3 is 0 Å². The highest BCUT2D eigenvalue weighted by molar-refractivity contribution is 9.10. The van der Waals surface area contributed by atoms with Gasteiger partial charge in [0.2, 0.25) is 5.91 Å². The molecule has 1 aromatic carbocycles. The molecule has 104 valence electrons. The van der Waals surface area contributed by atoms with Crippen LogP contribution in [0.5, 0.6) is 0 Å². The third kappa shape index (κ3) is 4.51. The summed E-state index contributed by atoms with van der Waals surface area (Å²) < 4.78 is 1.04. The first kappa shape index (κ1) is 14.9. The zero-order chi connectivity index (χ0) is 13.7. The van der Waals surface area contributed by atoms with Crippen LogP contribution in [0.2, 0.25) is 0 Å². The van der Waals surface area contributed by atoms with Gasteiger partial charge in [0.15, 0.2) is 0 Å². The Labute approximate surface area is 127 Å². The minimum atomic E-state index is 0.0271. The maximum absolute atomic E-state index is 12.0. The molecule has 3 nitrogen and oxygen atoms in total. The molecule has 0 spiro atoms. The average Bonchev–Trinajstić information content (AvgIpc) is 2.40. The largest absolute Gasteiger partial charge is 0.349 e. The summed E-state index contributed by atoms with van der Waals surface area (Å²) in [6.07, 6.45) is 0.557. The number of thioether (sulfide) groups is 1. The number of halogens is 1. The van der Waals surface area contributed by atoms with Gasteiger partial charge in [0, 0.05) is 35.0 Å². The molecule has 0 radical (unpaired) electrons. The van der Waals surface area contributed by atoms with Crippen molar-refractivity contribution in [1.29, 1.82) is 0 Å². The smallest absolute Gasteiger partial charge is 0.222 e. The van der Waals surface area contributed by atoms with Gasteiger partial charge in [-0.15, -0.1) is 0 Å². The van der Waals surface area contributed by atoms with Gasteiger partial charge < -0.3 is 10.6 Å². The van der Waals surface area contributed by atoms with Gasteiger partial charge in [0.05, 0.1) is 6.04 Å². The van der Waals surface area contributed by atoms with Gasteiger partial charge in [-0.1, -0.05) is 34.1 Å². The second-order valence-corrected chi connectivity index (χ2v) is 6.74. The number of hydrogen-bond donors (Lipinski definition) is 2. The minimum Gasteiger partial charge on any atom is -0.349 e. The maximum atomic E-state index is 12.0. The molecule has 1 amide bonds. The molecule has 1 saturated heterocycles. The van der Waals surface area contributed by atoms with Crippen LogP contribution in [-0.4, -0.2) is 30.0 Å². The van der Waals surface area contributed by atoms with Gasteiger partial charge in [0.1, 0.15) is 0 Å². The van der Waals surface area contributed by atoms with Crippen LogP contribution < -0.4 is 10.6 Å². The summed E-state index contributed by atoms with van der Waals surface area (Å²) in [5, 5.41) is 6.45. The summed E-state index contributed by atoms with van der Waals surface area (Å²) in [6.45, 7) is 3.02. The predicted molar refractivity (Wildman–Crippen MR) is 84.4 cm³/mol. The van der Waals surface area contributed by atoms with Crippen LogP contribution in [-0.2, 0) is 4.79 Å². The van der Waals surface area contributed by atoms with Crippen molar-refractivity contribution in [2.45, 2.75) is 25.4 Å². The lowest BCUT2D eigenvalue weighted by Gasteiger charge is -2.23. The molecule has 0 saturated carbocycles. The quantitative estimate of drug-likeness (QED) is 0.883. The molecule has 1 aliphatic rings. The lowest BCUT2D eigenvalue weighted by Crippen LogP contribution is -2.41. The Morgan fingerprint density at radius 1 is 1.58 bits per heavy atom. The standard InChI is InChI=1S/C14H19BrN2OS/c1-10(12-4-2-3-5-13(12)15)17-14(18)8-11-9-19-7-6-16-11/h2-5,10-11,16H,6-9H2,1H3,(H,17,18). The molecule has 2 atom stereocenters. The topological polar surface area (TPSA) is 41.1 Å². The number of benzene rings is 1. The van der Waals surface area contributed by atoms with Crippen LogP contribution in [0.3, 0.4) is 0 Å². The zero-order valence-corrected chi connectivity index (χ0v) is 13.4. The third-order valence-electron chi connectivity index (χ3n) is 3.18. The highest BCUT2D eigenvalue weighted by Crippen LogP contribution is 2.22. The summed E-state index contributed by atoms with van der Waals surface area (Å²) >= 11 is 5.43. The van der Waals surface area contributed by atoms with E-state index in [2.05, 4.69) is 26.6 Å². The lowest BCUT2D eigenvalue weighted by atomic mass is 10.1. The van der Waals surface area contributed by atoms with Crippen LogP contribution in [0, 0.1) is 0 Å². The van der Waals surface area contributed by atoms with E-state index in [1.807, 2.05) is 43.0 Å². The first-order valence-electron chi connectivity index (χ1n) is 6.51. The van der Waals surface area contributed by atoms with E-state index in [0.717, 1.165) is 28.1 Å². The summed E-state index contributed by atoms with van der Waals surface area (Å²) in [4.78, 5) is 12.0. The molecule has 1 aliphatic heterocycles. The minimum absolute atomic E-state index is 0.0271. The van der Waals surface area contributed by atoms with Crippen molar-refractivity contribution in [2.24, 2.45) is 0 Å². The van der Waals surface area contributed by atoms with Gasteiger partial charge in [-0.05, 0) is 18.6 Å². The van der Waals surface area contributed by atoms with E-state index in [0.29, 0.717) is 12.5 Å². The molecule has 1 fully saturated rings. The van der Waals surface area contributed by atoms with Crippen molar-refractivity contribution >= 4 is 33.6 Å². The van der Waals surface area contributed by atoms with Crippen molar-refractivity contribution in [2.75, 3.05) is 18.1 Å². The fourth-order valence-electron chi connectivity index (χ4n) is 2.18. The molecule has 5 heteroatoms. The summed E-state index contributed by atoms with van der Waals surface area (Å²) in [7, 11) is 0. The predicted octanol–water partition coefficient (Wildman–Crippen LogP) is 2.72. The highest BCUT2D eigenvalue weighted by Gasteiger charge is 2.18. The number of nitrogens with one attached hydrogen (secondary N) is 2. The Bertz CT molecular complexity index is 435. The van der Waals surface area contributed by atoms with Crippen molar-refractivity contribution in [1.82, 2.24) is 10.6 Å². The molecular weight excluding hydrogens is 324 g/mol. The molecule has 0 aromatic heterocycles. The van der Waals surface area contributed by atoms with Crippen LogP contribution >= 0.6 is 27.7 Å². The first-order valence-corrected chi connectivity index (χ1v) is 8.46. The van der Waals surface area contributed by atoms with Gasteiger partial charge in [-0.25, -0.2) is 0 Å². The molecule has 0 aliphatic carbocycles. The zero-order valence-electron chi connectivity index (χ0n) is 11.0. The van der Waals surface area contributed by atoms with E-state index in [9.17, 15) is 4.79 Å². The van der Waals surface area contributed by atoms with Crippen molar-refractivity contribution in [3.63, 3.8) is 0 Å². The molecule has 19 heavy (non-hydrogen) atoms. The lowest BCUT2D eigenvalue weighted by molar-refractivity contribution is -0.122. The second-order valence-electron chi connectivity index (χ2n) is 4.74. The number of rotatable bonds is 4. The van der Waals surface area contributed by atoms with Gasteiger partial charge in [0.25, 0.3) is 0 Å². The Morgan fingerprint density at radius 2 is 2.37 bits per heavy atom. The average molecular weight is 343 g/mol. The van der Waals surface area contributed by atoms with Crippen molar-refractivity contribution < 1.29 is 4.79 Å². The Morgan fingerprint density at radius 3 is 3.05 bits per heavy atom. The van der Waals surface area contributed by atoms with E-state index in [1.165, 1.54) is 0 Å². The van der Waals surface area contributed by atoms with E-state index in [4.69, 9.17) is 0 Å². The molecule has 1 aromatic rings. The van der Waals surface area contributed by atoms with E-state index in [1.54, 1.807) is 0 Å². The Balaban J connectivity index is 1.86.